The van der Waals surface area contributed by atoms with Gasteiger partial charge in [0.25, 0.3) is 0 Å². The zero-order valence-corrected chi connectivity index (χ0v) is 17.6. The maximum Gasteiger partial charge on any atom is 0.319 e. The SMILES string of the molecule is CC1CCCCC1OCCNC(=O)Nc1ccc(Cl)c(S(=O)(=O)N(C)C)c1. The number of benzene rings is 1. The normalized spacial score (nSPS) is 20.5. The van der Waals surface area contributed by atoms with Gasteiger partial charge in [0.15, 0.2) is 0 Å². The number of sulfonamides is 1. The second-order valence-electron chi connectivity index (χ2n) is 6.98. The average molecular weight is 418 g/mol. The molecule has 1 aliphatic rings. The van der Waals surface area contributed by atoms with Crippen molar-refractivity contribution in [2.75, 3.05) is 32.6 Å². The fraction of sp³-hybridized carbons (Fsp3) is 0.611. The standard InChI is InChI=1S/C18H28ClN3O4S/c1-13-6-4-5-7-16(13)26-11-10-20-18(23)21-14-8-9-15(19)17(12-14)27(24,25)22(2)3/h8-9,12-13,16H,4-7,10-11H2,1-3H3,(H2,20,21,23). The lowest BCUT2D eigenvalue weighted by Gasteiger charge is -2.28. The Bertz CT molecular complexity index is 755. The summed E-state index contributed by atoms with van der Waals surface area (Å²) in [6, 6.07) is 3.92. The number of carbonyl (C=O) groups is 1. The van der Waals surface area contributed by atoms with Crippen LogP contribution in [0.3, 0.4) is 0 Å². The minimum atomic E-state index is -3.69. The van der Waals surface area contributed by atoms with Crippen LogP contribution in [0, 0.1) is 5.92 Å². The molecule has 9 heteroatoms. The first-order valence-corrected chi connectivity index (χ1v) is 10.9. The predicted octanol–water partition coefficient (Wildman–Crippen LogP) is 3.31. The fourth-order valence-corrected chi connectivity index (χ4v) is 4.45. The van der Waals surface area contributed by atoms with Crippen molar-refractivity contribution in [2.45, 2.75) is 43.6 Å². The summed E-state index contributed by atoms with van der Waals surface area (Å²) < 4.78 is 31.5. The number of hydrogen-bond acceptors (Lipinski definition) is 4. The maximum absolute atomic E-state index is 12.3. The molecule has 1 aromatic carbocycles. The van der Waals surface area contributed by atoms with Crippen LogP contribution in [0.25, 0.3) is 0 Å². The molecule has 1 fully saturated rings. The lowest BCUT2D eigenvalue weighted by Crippen LogP contribution is -2.34. The quantitative estimate of drug-likeness (QED) is 0.666. The molecule has 0 heterocycles. The van der Waals surface area contributed by atoms with E-state index in [1.807, 2.05) is 0 Å². The van der Waals surface area contributed by atoms with Gasteiger partial charge < -0.3 is 15.4 Å². The van der Waals surface area contributed by atoms with Crippen molar-refractivity contribution < 1.29 is 17.9 Å². The minimum absolute atomic E-state index is 0.0541. The molecule has 0 spiro atoms. The smallest absolute Gasteiger partial charge is 0.319 e. The summed E-state index contributed by atoms with van der Waals surface area (Å²) in [4.78, 5) is 12.0. The van der Waals surface area contributed by atoms with Crippen LogP contribution in [0.4, 0.5) is 10.5 Å². The third-order valence-corrected chi connectivity index (χ3v) is 7.00. The minimum Gasteiger partial charge on any atom is -0.376 e. The molecule has 1 saturated carbocycles. The molecule has 0 saturated heterocycles. The van der Waals surface area contributed by atoms with E-state index >= 15 is 0 Å². The summed E-state index contributed by atoms with van der Waals surface area (Å²) in [5.41, 5.74) is 0.346. The number of nitrogens with zero attached hydrogens (tertiary/aromatic N) is 1. The fourth-order valence-electron chi connectivity index (χ4n) is 3.06. The Balaban J connectivity index is 1.85. The molecule has 152 valence electrons. The predicted molar refractivity (Wildman–Crippen MR) is 107 cm³/mol. The molecular weight excluding hydrogens is 390 g/mol. The van der Waals surface area contributed by atoms with Crippen LogP contribution in [-0.4, -0.2) is 52.1 Å². The van der Waals surface area contributed by atoms with Crippen molar-refractivity contribution in [3.05, 3.63) is 23.2 Å². The topological polar surface area (TPSA) is 87.7 Å². The van der Waals surface area contributed by atoms with Crippen LogP contribution < -0.4 is 10.6 Å². The average Bonchev–Trinajstić information content (AvgIpc) is 2.61. The van der Waals surface area contributed by atoms with Crippen molar-refractivity contribution in [3.8, 4) is 0 Å². The van der Waals surface area contributed by atoms with Crippen LogP contribution in [0.1, 0.15) is 32.6 Å². The number of carbonyl (C=O) groups excluding carboxylic acids is 1. The zero-order chi connectivity index (χ0) is 20.0. The van der Waals surface area contributed by atoms with Crippen molar-refractivity contribution in [1.29, 1.82) is 0 Å². The molecule has 2 unspecified atom stereocenters. The van der Waals surface area contributed by atoms with Gasteiger partial charge in [-0.1, -0.05) is 31.4 Å². The number of amides is 2. The maximum atomic E-state index is 12.3. The Hall–Kier alpha value is -1.35. The summed E-state index contributed by atoms with van der Waals surface area (Å²) in [6.07, 6.45) is 4.97. The van der Waals surface area contributed by atoms with E-state index in [2.05, 4.69) is 17.6 Å². The molecule has 2 rings (SSSR count). The Kier molecular flexibility index (Phi) is 7.91. The van der Waals surface area contributed by atoms with Crippen LogP contribution >= 0.6 is 11.6 Å². The summed E-state index contributed by atoms with van der Waals surface area (Å²) in [5.74, 6) is 0.554. The second kappa shape index (κ2) is 9.73. The summed E-state index contributed by atoms with van der Waals surface area (Å²) in [7, 11) is -0.850. The van der Waals surface area contributed by atoms with Gasteiger partial charge in [0.1, 0.15) is 4.90 Å². The molecule has 2 amide bonds. The summed E-state index contributed by atoms with van der Waals surface area (Å²) in [5, 5.41) is 5.44. The highest BCUT2D eigenvalue weighted by Gasteiger charge is 2.22. The Morgan fingerprint density at radius 1 is 1.30 bits per heavy atom. The molecule has 0 bridgehead atoms. The van der Waals surface area contributed by atoms with Gasteiger partial charge in [-0.25, -0.2) is 17.5 Å². The Morgan fingerprint density at radius 2 is 2.00 bits per heavy atom. The summed E-state index contributed by atoms with van der Waals surface area (Å²) >= 11 is 6.00. The van der Waals surface area contributed by atoms with Crippen molar-refractivity contribution >= 4 is 33.3 Å². The first-order chi connectivity index (χ1) is 12.7. The molecule has 7 nitrogen and oxygen atoms in total. The first kappa shape index (κ1) is 21.9. The number of hydrogen-bond donors (Lipinski definition) is 2. The highest BCUT2D eigenvalue weighted by molar-refractivity contribution is 7.89. The molecule has 27 heavy (non-hydrogen) atoms. The van der Waals surface area contributed by atoms with Gasteiger partial charge in [-0.15, -0.1) is 0 Å². The van der Waals surface area contributed by atoms with Crippen LogP contribution in [0.15, 0.2) is 23.1 Å². The van der Waals surface area contributed by atoms with E-state index in [0.29, 0.717) is 24.8 Å². The van der Waals surface area contributed by atoms with Gasteiger partial charge in [-0.05, 0) is 37.0 Å². The largest absolute Gasteiger partial charge is 0.376 e. The van der Waals surface area contributed by atoms with Crippen molar-refractivity contribution in [3.63, 3.8) is 0 Å². The number of ether oxygens (including phenoxy) is 1. The molecule has 2 N–H and O–H groups in total. The van der Waals surface area contributed by atoms with Crippen LogP contribution in [0.2, 0.25) is 5.02 Å². The van der Waals surface area contributed by atoms with E-state index in [0.717, 1.165) is 10.7 Å². The van der Waals surface area contributed by atoms with E-state index in [4.69, 9.17) is 16.3 Å². The number of halogens is 1. The molecular formula is C18H28ClN3O4S. The van der Waals surface area contributed by atoms with E-state index < -0.39 is 16.1 Å². The van der Waals surface area contributed by atoms with E-state index in [1.54, 1.807) is 6.07 Å². The molecule has 0 radical (unpaired) electrons. The number of nitrogens with one attached hydrogen (secondary N) is 2. The van der Waals surface area contributed by atoms with Gasteiger partial charge in [-0.2, -0.15) is 0 Å². The van der Waals surface area contributed by atoms with Crippen LogP contribution in [-0.2, 0) is 14.8 Å². The third kappa shape index (κ3) is 6.07. The van der Waals surface area contributed by atoms with Crippen molar-refractivity contribution in [2.24, 2.45) is 5.92 Å². The van der Waals surface area contributed by atoms with E-state index in [-0.39, 0.29) is 16.0 Å². The van der Waals surface area contributed by atoms with Crippen molar-refractivity contribution in [1.82, 2.24) is 9.62 Å². The molecule has 0 aromatic heterocycles. The highest BCUT2D eigenvalue weighted by atomic mass is 35.5. The number of rotatable bonds is 7. The molecule has 1 aliphatic carbocycles. The van der Waals surface area contributed by atoms with E-state index in [1.165, 1.54) is 45.5 Å². The Labute approximate surface area is 166 Å². The third-order valence-electron chi connectivity index (χ3n) is 4.70. The van der Waals surface area contributed by atoms with Gasteiger partial charge in [0, 0.05) is 26.3 Å². The molecule has 1 aromatic rings. The lowest BCUT2D eigenvalue weighted by atomic mass is 9.88. The summed E-state index contributed by atoms with van der Waals surface area (Å²) in [6.45, 7) is 3.03. The van der Waals surface area contributed by atoms with Gasteiger partial charge in [0.2, 0.25) is 10.0 Å². The molecule has 0 aliphatic heterocycles. The van der Waals surface area contributed by atoms with Crippen LogP contribution in [0.5, 0.6) is 0 Å². The monoisotopic (exact) mass is 417 g/mol. The van der Waals surface area contributed by atoms with Gasteiger partial charge >= 0.3 is 6.03 Å². The zero-order valence-electron chi connectivity index (χ0n) is 16.0. The lowest BCUT2D eigenvalue weighted by molar-refractivity contribution is -0.00232. The van der Waals surface area contributed by atoms with Gasteiger partial charge in [0.05, 0.1) is 17.7 Å². The number of urea groups is 1. The molecule has 2 atom stereocenters. The van der Waals surface area contributed by atoms with Gasteiger partial charge in [-0.3, -0.25) is 0 Å². The second-order valence-corrected chi connectivity index (χ2v) is 9.51. The first-order valence-electron chi connectivity index (χ1n) is 9.10. The van der Waals surface area contributed by atoms with E-state index in [9.17, 15) is 13.2 Å². The highest BCUT2D eigenvalue weighted by Crippen LogP contribution is 2.27. The Morgan fingerprint density at radius 3 is 2.67 bits per heavy atom. The number of anilines is 1.